The summed E-state index contributed by atoms with van der Waals surface area (Å²) in [6.07, 6.45) is 4.01. The Morgan fingerprint density at radius 1 is 1.10 bits per heavy atom. The molecule has 0 radical (unpaired) electrons. The molecule has 3 aromatic heterocycles. The van der Waals surface area contributed by atoms with Crippen molar-refractivity contribution < 1.29 is 4.79 Å². The number of carbonyl (C=O) groups excluding carboxylic acids is 1. The zero-order valence-electron chi connectivity index (χ0n) is 17.1. The molecule has 0 unspecified atom stereocenters. The fourth-order valence-corrected chi connectivity index (χ4v) is 6.11. The maximum atomic E-state index is 13.4. The lowest BCUT2D eigenvalue weighted by Crippen LogP contribution is -2.38. The van der Waals surface area contributed by atoms with Gasteiger partial charge < -0.3 is 4.90 Å². The highest BCUT2D eigenvalue weighted by Gasteiger charge is 2.29. The molecule has 0 bridgehead atoms. The van der Waals surface area contributed by atoms with Gasteiger partial charge in [0.25, 0.3) is 5.91 Å². The van der Waals surface area contributed by atoms with Crippen LogP contribution in [0.2, 0.25) is 0 Å². The Balaban J connectivity index is 1.47. The van der Waals surface area contributed by atoms with Crippen molar-refractivity contribution >= 4 is 51.6 Å². The second kappa shape index (κ2) is 8.54. The van der Waals surface area contributed by atoms with E-state index in [1.807, 2.05) is 39.9 Å². The normalized spacial score (nSPS) is 16.4. The van der Waals surface area contributed by atoms with Gasteiger partial charge >= 0.3 is 0 Å². The molecule has 1 amide bonds. The molecule has 6 heteroatoms. The van der Waals surface area contributed by atoms with Gasteiger partial charge in [-0.15, -0.1) is 34.0 Å². The minimum Gasteiger partial charge on any atom is -0.339 e. The number of amides is 1. The molecule has 0 spiro atoms. The Morgan fingerprint density at radius 2 is 1.83 bits per heavy atom. The zero-order valence-corrected chi connectivity index (χ0v) is 19.5. The molecule has 1 fully saturated rings. The van der Waals surface area contributed by atoms with Gasteiger partial charge in [-0.25, -0.2) is 4.98 Å². The maximum Gasteiger partial charge on any atom is 0.255 e. The van der Waals surface area contributed by atoms with Crippen molar-refractivity contribution in [2.45, 2.75) is 44.9 Å². The van der Waals surface area contributed by atoms with E-state index in [1.54, 1.807) is 34.0 Å². The average Bonchev–Trinajstić information content (AvgIpc) is 3.47. The Morgan fingerprint density at radius 3 is 2.41 bits per heavy atom. The number of piperidine rings is 1. The predicted molar refractivity (Wildman–Crippen MR) is 126 cm³/mol. The molecule has 4 rings (SSSR count). The number of hydrogen-bond acceptors (Lipinski definition) is 5. The molecule has 0 atom stereocenters. The molecular formula is C23H26N2OS3. The van der Waals surface area contributed by atoms with Gasteiger partial charge in [-0.05, 0) is 41.8 Å². The van der Waals surface area contributed by atoms with Crippen molar-refractivity contribution in [2.24, 2.45) is 0 Å². The molecule has 4 heterocycles. The van der Waals surface area contributed by atoms with E-state index < -0.39 is 0 Å². The summed E-state index contributed by atoms with van der Waals surface area (Å²) in [4.78, 5) is 22.4. The van der Waals surface area contributed by atoms with E-state index in [-0.39, 0.29) is 11.3 Å². The summed E-state index contributed by atoms with van der Waals surface area (Å²) in [5, 5.41) is 7.51. The first kappa shape index (κ1) is 20.5. The zero-order chi connectivity index (χ0) is 20.4. The standard InChI is InChI=1S/C23H26N2OS3/c1-23(2,3)20-15-29-21(24-20)16-8-10-25(11-9-16)22(26)18(19-7-5-13-28-19)14-17-6-4-12-27-17/h4-7,12-16H,8-11H2,1-3H3. The summed E-state index contributed by atoms with van der Waals surface area (Å²) in [7, 11) is 0. The highest BCUT2D eigenvalue weighted by atomic mass is 32.1. The molecule has 1 aliphatic rings. The van der Waals surface area contributed by atoms with Gasteiger partial charge in [0.2, 0.25) is 0 Å². The summed E-state index contributed by atoms with van der Waals surface area (Å²) in [6, 6.07) is 8.14. The minimum atomic E-state index is 0.0909. The minimum absolute atomic E-state index is 0.0909. The van der Waals surface area contributed by atoms with Gasteiger partial charge in [0, 0.05) is 39.6 Å². The number of likely N-dealkylation sites (tertiary alicyclic amines) is 1. The van der Waals surface area contributed by atoms with Gasteiger partial charge in [-0.3, -0.25) is 4.79 Å². The molecule has 0 saturated carbocycles. The van der Waals surface area contributed by atoms with Crippen LogP contribution in [0.4, 0.5) is 0 Å². The lowest BCUT2D eigenvalue weighted by atomic mass is 9.93. The van der Waals surface area contributed by atoms with E-state index in [4.69, 9.17) is 4.98 Å². The smallest absolute Gasteiger partial charge is 0.255 e. The van der Waals surface area contributed by atoms with Crippen molar-refractivity contribution in [3.63, 3.8) is 0 Å². The fraction of sp³-hybridized carbons (Fsp3) is 0.391. The highest BCUT2D eigenvalue weighted by molar-refractivity contribution is 7.12. The molecule has 29 heavy (non-hydrogen) atoms. The quantitative estimate of drug-likeness (QED) is 0.432. The molecular weight excluding hydrogens is 416 g/mol. The van der Waals surface area contributed by atoms with Gasteiger partial charge in [-0.1, -0.05) is 32.9 Å². The molecule has 3 aromatic rings. The number of aromatic nitrogens is 1. The van der Waals surface area contributed by atoms with Gasteiger partial charge in [0.1, 0.15) is 0 Å². The van der Waals surface area contributed by atoms with E-state index in [9.17, 15) is 4.79 Å². The summed E-state index contributed by atoms with van der Waals surface area (Å²) in [6.45, 7) is 8.21. The van der Waals surface area contributed by atoms with Crippen molar-refractivity contribution in [3.05, 3.63) is 60.9 Å². The van der Waals surface area contributed by atoms with E-state index in [2.05, 4.69) is 32.2 Å². The largest absolute Gasteiger partial charge is 0.339 e. The first-order chi connectivity index (χ1) is 13.9. The molecule has 1 aliphatic heterocycles. The summed E-state index contributed by atoms with van der Waals surface area (Å²) in [5.74, 6) is 0.612. The fourth-order valence-electron chi connectivity index (χ4n) is 3.51. The lowest BCUT2D eigenvalue weighted by Gasteiger charge is -2.31. The Bertz CT molecular complexity index is 970. The van der Waals surface area contributed by atoms with E-state index >= 15 is 0 Å². The van der Waals surface area contributed by atoms with Crippen LogP contribution in [0.25, 0.3) is 11.6 Å². The number of carbonyl (C=O) groups is 1. The SMILES string of the molecule is CC(C)(C)c1csc(C2CCN(C(=O)C(=Cc3cccs3)c3cccs3)CC2)n1. The Hall–Kier alpha value is -1.76. The van der Waals surface area contributed by atoms with Crippen molar-refractivity contribution in [2.75, 3.05) is 13.1 Å². The van der Waals surface area contributed by atoms with Crippen LogP contribution in [0.15, 0.2) is 40.4 Å². The first-order valence-electron chi connectivity index (χ1n) is 9.96. The number of hydrogen-bond donors (Lipinski definition) is 0. The van der Waals surface area contributed by atoms with E-state index in [0.29, 0.717) is 5.92 Å². The van der Waals surface area contributed by atoms with Crippen LogP contribution in [0.3, 0.4) is 0 Å². The molecule has 3 nitrogen and oxygen atoms in total. The van der Waals surface area contributed by atoms with Crippen LogP contribution < -0.4 is 0 Å². The molecule has 0 aliphatic carbocycles. The third-order valence-electron chi connectivity index (χ3n) is 5.27. The topological polar surface area (TPSA) is 33.2 Å². The van der Waals surface area contributed by atoms with Crippen molar-refractivity contribution in [1.82, 2.24) is 9.88 Å². The maximum absolute atomic E-state index is 13.4. The molecule has 0 aromatic carbocycles. The predicted octanol–water partition coefficient (Wildman–Crippen LogP) is 6.51. The van der Waals surface area contributed by atoms with Crippen LogP contribution in [0, 0.1) is 0 Å². The summed E-state index contributed by atoms with van der Waals surface area (Å²) >= 11 is 5.07. The van der Waals surface area contributed by atoms with Crippen LogP contribution >= 0.6 is 34.0 Å². The number of nitrogens with zero attached hydrogens (tertiary/aromatic N) is 2. The Kier molecular flexibility index (Phi) is 6.04. The average molecular weight is 443 g/mol. The Labute approximate surface area is 184 Å². The second-order valence-electron chi connectivity index (χ2n) is 8.44. The van der Waals surface area contributed by atoms with Crippen LogP contribution in [0.5, 0.6) is 0 Å². The van der Waals surface area contributed by atoms with Gasteiger partial charge in [-0.2, -0.15) is 0 Å². The number of thiophene rings is 2. The highest BCUT2D eigenvalue weighted by Crippen LogP contribution is 2.34. The van der Waals surface area contributed by atoms with Crippen LogP contribution in [-0.2, 0) is 10.2 Å². The van der Waals surface area contributed by atoms with E-state index in [0.717, 1.165) is 41.3 Å². The van der Waals surface area contributed by atoms with Gasteiger partial charge in [0.05, 0.1) is 16.3 Å². The molecule has 1 saturated heterocycles. The van der Waals surface area contributed by atoms with Crippen LogP contribution in [0.1, 0.15) is 60.0 Å². The van der Waals surface area contributed by atoms with Crippen molar-refractivity contribution in [3.8, 4) is 0 Å². The third kappa shape index (κ3) is 4.71. The van der Waals surface area contributed by atoms with E-state index in [1.165, 1.54) is 10.7 Å². The molecule has 152 valence electrons. The first-order valence-corrected chi connectivity index (χ1v) is 12.6. The lowest BCUT2D eigenvalue weighted by molar-refractivity contribution is -0.125. The number of thiazole rings is 1. The summed E-state index contributed by atoms with van der Waals surface area (Å²) in [5.41, 5.74) is 2.08. The third-order valence-corrected chi connectivity index (χ3v) is 8.00. The number of rotatable bonds is 4. The van der Waals surface area contributed by atoms with Gasteiger partial charge in [0.15, 0.2) is 0 Å². The van der Waals surface area contributed by atoms with Crippen LogP contribution in [-0.4, -0.2) is 28.9 Å². The summed E-state index contributed by atoms with van der Waals surface area (Å²) < 4.78 is 0. The second-order valence-corrected chi connectivity index (χ2v) is 11.3. The molecule has 0 N–H and O–H groups in total. The monoisotopic (exact) mass is 442 g/mol. The van der Waals surface area contributed by atoms with Crippen molar-refractivity contribution in [1.29, 1.82) is 0 Å².